The van der Waals surface area contributed by atoms with E-state index in [4.69, 9.17) is 5.73 Å². The van der Waals surface area contributed by atoms with Crippen molar-refractivity contribution >= 4 is 33.2 Å². The minimum Gasteiger partial charge on any atom is -0.366 e. The molecular formula is C24H30N4O2S2. The first kappa shape index (κ1) is 24.1. The van der Waals surface area contributed by atoms with E-state index in [-0.39, 0.29) is 5.75 Å². The number of nitrogens with two attached hydrogens (primary N) is 1. The summed E-state index contributed by atoms with van der Waals surface area (Å²) in [6.07, 6.45) is 2.51. The van der Waals surface area contributed by atoms with Gasteiger partial charge in [0.25, 0.3) is 0 Å². The Morgan fingerprint density at radius 1 is 1.16 bits per heavy atom. The summed E-state index contributed by atoms with van der Waals surface area (Å²) in [6, 6.07) is 11.0. The number of rotatable bonds is 9. The standard InChI is InChI=1S/C24H30N4O2S2/c1-5-28(4)16-26-23-11-17(2)20(10-18(23)3)12-24-27-21(14-31-24)15-32(29,30)22-8-6-19(13-25)7-9-22/h6-11,14,16H,5,12-13,15,25H2,1-4H3. The molecule has 0 bridgehead atoms. The highest BCUT2D eigenvalue weighted by Crippen LogP contribution is 2.26. The lowest BCUT2D eigenvalue weighted by atomic mass is 10.0. The molecule has 3 aromatic rings. The fourth-order valence-electron chi connectivity index (χ4n) is 3.20. The van der Waals surface area contributed by atoms with Crippen molar-refractivity contribution in [2.75, 3.05) is 13.6 Å². The Kier molecular flexibility index (Phi) is 7.82. The fourth-order valence-corrected chi connectivity index (χ4v) is 5.38. The third-order valence-corrected chi connectivity index (χ3v) is 7.91. The second-order valence-corrected chi connectivity index (χ2v) is 10.8. The Hall–Kier alpha value is -2.55. The van der Waals surface area contributed by atoms with E-state index >= 15 is 0 Å². The molecule has 0 saturated heterocycles. The topological polar surface area (TPSA) is 88.7 Å². The van der Waals surface area contributed by atoms with Crippen molar-refractivity contribution in [1.82, 2.24) is 9.88 Å². The Morgan fingerprint density at radius 2 is 1.88 bits per heavy atom. The van der Waals surface area contributed by atoms with Gasteiger partial charge in [0.1, 0.15) is 0 Å². The van der Waals surface area contributed by atoms with Crippen LogP contribution in [0.15, 0.2) is 51.7 Å². The van der Waals surface area contributed by atoms with E-state index < -0.39 is 9.84 Å². The molecule has 2 aromatic carbocycles. The lowest BCUT2D eigenvalue weighted by molar-refractivity contribution is 0.552. The molecule has 0 fully saturated rings. The van der Waals surface area contributed by atoms with Gasteiger partial charge in [0.05, 0.1) is 33.4 Å². The summed E-state index contributed by atoms with van der Waals surface area (Å²) < 4.78 is 25.5. The number of benzene rings is 2. The first-order valence-corrected chi connectivity index (χ1v) is 13.0. The highest BCUT2D eigenvalue weighted by atomic mass is 32.2. The van der Waals surface area contributed by atoms with Crippen LogP contribution in [0, 0.1) is 13.8 Å². The molecule has 0 aliphatic heterocycles. The van der Waals surface area contributed by atoms with Gasteiger partial charge < -0.3 is 10.6 Å². The number of aliphatic imine (C=N–C) groups is 1. The van der Waals surface area contributed by atoms with Crippen molar-refractivity contribution in [2.24, 2.45) is 10.7 Å². The third-order valence-electron chi connectivity index (χ3n) is 5.34. The second kappa shape index (κ2) is 10.4. The van der Waals surface area contributed by atoms with Crippen LogP contribution in [0.3, 0.4) is 0 Å². The minimum absolute atomic E-state index is 0.109. The van der Waals surface area contributed by atoms with Crippen molar-refractivity contribution in [3.8, 4) is 0 Å². The fraction of sp³-hybridized carbons (Fsp3) is 0.333. The Labute approximate surface area is 194 Å². The molecule has 32 heavy (non-hydrogen) atoms. The molecule has 0 atom stereocenters. The molecule has 170 valence electrons. The molecule has 1 heterocycles. The molecule has 6 nitrogen and oxygen atoms in total. The molecule has 0 amide bonds. The van der Waals surface area contributed by atoms with E-state index in [1.807, 2.05) is 23.7 Å². The van der Waals surface area contributed by atoms with Gasteiger partial charge in [0.15, 0.2) is 9.84 Å². The van der Waals surface area contributed by atoms with Crippen molar-refractivity contribution < 1.29 is 8.42 Å². The molecule has 0 spiro atoms. The maximum absolute atomic E-state index is 12.8. The van der Waals surface area contributed by atoms with Gasteiger partial charge in [-0.25, -0.2) is 18.4 Å². The number of aryl methyl sites for hydroxylation is 2. The Balaban J connectivity index is 1.73. The van der Waals surface area contributed by atoms with Crippen LogP contribution in [0.2, 0.25) is 0 Å². The van der Waals surface area contributed by atoms with E-state index in [1.54, 1.807) is 24.3 Å². The number of hydrogen-bond acceptors (Lipinski definition) is 6. The van der Waals surface area contributed by atoms with Crippen LogP contribution < -0.4 is 5.73 Å². The van der Waals surface area contributed by atoms with E-state index in [2.05, 4.69) is 42.9 Å². The van der Waals surface area contributed by atoms with Gasteiger partial charge in [-0.15, -0.1) is 11.3 Å². The average Bonchev–Trinajstić information content (AvgIpc) is 3.20. The summed E-state index contributed by atoms with van der Waals surface area (Å²) in [6.45, 7) is 7.50. The number of thiazole rings is 1. The number of aromatic nitrogens is 1. The van der Waals surface area contributed by atoms with Gasteiger partial charge in [-0.3, -0.25) is 0 Å². The zero-order valence-electron chi connectivity index (χ0n) is 19.0. The zero-order chi connectivity index (χ0) is 23.3. The normalized spacial score (nSPS) is 11.9. The SMILES string of the molecule is CCN(C)C=Nc1cc(C)c(Cc2nc(CS(=O)(=O)c3ccc(CN)cc3)cs2)cc1C. The number of sulfone groups is 1. The summed E-state index contributed by atoms with van der Waals surface area (Å²) in [5.41, 5.74) is 11.4. The van der Waals surface area contributed by atoms with Crippen molar-refractivity contribution in [1.29, 1.82) is 0 Å². The first-order chi connectivity index (χ1) is 15.2. The Morgan fingerprint density at radius 3 is 2.53 bits per heavy atom. The van der Waals surface area contributed by atoms with Crippen LogP contribution in [0.25, 0.3) is 0 Å². The van der Waals surface area contributed by atoms with Crippen molar-refractivity contribution in [2.45, 2.75) is 44.4 Å². The minimum atomic E-state index is -3.45. The molecular weight excluding hydrogens is 440 g/mol. The van der Waals surface area contributed by atoms with Crippen LogP contribution in [-0.4, -0.2) is 38.2 Å². The Bertz CT molecular complexity index is 1200. The summed E-state index contributed by atoms with van der Waals surface area (Å²) in [5.74, 6) is -0.109. The predicted molar refractivity (Wildman–Crippen MR) is 133 cm³/mol. The van der Waals surface area contributed by atoms with Crippen molar-refractivity contribution in [3.05, 3.63) is 74.7 Å². The maximum atomic E-state index is 12.8. The van der Waals surface area contributed by atoms with Crippen molar-refractivity contribution in [3.63, 3.8) is 0 Å². The summed E-state index contributed by atoms with van der Waals surface area (Å²) in [7, 11) is -1.45. The molecule has 0 aliphatic rings. The van der Waals surface area contributed by atoms with Gasteiger partial charge in [-0.05, 0) is 61.2 Å². The highest BCUT2D eigenvalue weighted by molar-refractivity contribution is 7.90. The molecule has 0 unspecified atom stereocenters. The quantitative estimate of drug-likeness (QED) is 0.370. The number of nitrogens with zero attached hydrogens (tertiary/aromatic N) is 3. The molecule has 2 N–H and O–H groups in total. The van der Waals surface area contributed by atoms with Gasteiger partial charge in [0.2, 0.25) is 0 Å². The molecule has 0 aliphatic carbocycles. The lowest BCUT2D eigenvalue weighted by Gasteiger charge is -2.11. The van der Waals surface area contributed by atoms with Gasteiger partial charge in [-0.1, -0.05) is 18.2 Å². The van der Waals surface area contributed by atoms with Crippen LogP contribution in [0.1, 0.15) is 39.9 Å². The van der Waals surface area contributed by atoms with Crippen LogP contribution in [0.5, 0.6) is 0 Å². The molecule has 8 heteroatoms. The average molecular weight is 471 g/mol. The number of hydrogen-bond donors (Lipinski definition) is 1. The summed E-state index contributed by atoms with van der Waals surface area (Å²) in [4.78, 5) is 11.5. The van der Waals surface area contributed by atoms with Gasteiger partial charge >= 0.3 is 0 Å². The monoisotopic (exact) mass is 470 g/mol. The molecule has 0 saturated carbocycles. The lowest BCUT2D eigenvalue weighted by Crippen LogP contribution is -2.14. The van der Waals surface area contributed by atoms with Crippen LogP contribution in [-0.2, 0) is 28.6 Å². The molecule has 3 rings (SSSR count). The van der Waals surface area contributed by atoms with Gasteiger partial charge in [-0.2, -0.15) is 0 Å². The molecule has 1 aromatic heterocycles. The predicted octanol–water partition coefficient (Wildman–Crippen LogP) is 4.39. The van der Waals surface area contributed by atoms with Crippen LogP contribution in [0.4, 0.5) is 5.69 Å². The highest BCUT2D eigenvalue weighted by Gasteiger charge is 2.18. The van der Waals surface area contributed by atoms with Crippen LogP contribution >= 0.6 is 11.3 Å². The summed E-state index contributed by atoms with van der Waals surface area (Å²) >= 11 is 1.49. The van der Waals surface area contributed by atoms with Gasteiger partial charge in [0, 0.05) is 31.9 Å². The summed E-state index contributed by atoms with van der Waals surface area (Å²) in [5, 5.41) is 2.74. The molecule has 0 radical (unpaired) electrons. The zero-order valence-corrected chi connectivity index (χ0v) is 20.6. The van der Waals surface area contributed by atoms with E-state index in [1.165, 1.54) is 16.9 Å². The largest absolute Gasteiger partial charge is 0.366 e. The van der Waals surface area contributed by atoms with E-state index in [0.717, 1.165) is 33.9 Å². The third kappa shape index (κ3) is 6.03. The van der Waals surface area contributed by atoms with E-state index in [9.17, 15) is 8.42 Å². The maximum Gasteiger partial charge on any atom is 0.184 e. The smallest absolute Gasteiger partial charge is 0.184 e. The van der Waals surface area contributed by atoms with E-state index in [0.29, 0.717) is 23.6 Å². The first-order valence-electron chi connectivity index (χ1n) is 10.5. The second-order valence-electron chi connectivity index (χ2n) is 7.90.